The minimum Gasteiger partial charge on any atom is -0.346 e. The molecule has 6 nitrogen and oxygen atoms in total. The van der Waals surface area contributed by atoms with E-state index in [0.29, 0.717) is 11.6 Å². The summed E-state index contributed by atoms with van der Waals surface area (Å²) < 4.78 is 0. The van der Waals surface area contributed by atoms with Crippen molar-refractivity contribution in [1.82, 2.24) is 15.2 Å². The fourth-order valence-corrected chi connectivity index (χ4v) is 3.02. The Labute approximate surface area is 130 Å². The number of anilines is 1. The van der Waals surface area contributed by atoms with Gasteiger partial charge in [-0.2, -0.15) is 0 Å². The number of hydrogen-bond donors (Lipinski definition) is 2. The lowest BCUT2D eigenvalue weighted by Crippen LogP contribution is -2.48. The smallest absolute Gasteiger partial charge is 0.243 e. The monoisotopic (exact) mass is 302 g/mol. The second-order valence-electron chi connectivity index (χ2n) is 6.03. The topological polar surface area (TPSA) is 74.3 Å². The first kappa shape index (κ1) is 15.0. The van der Waals surface area contributed by atoms with Crippen molar-refractivity contribution in [2.24, 2.45) is 5.92 Å². The summed E-state index contributed by atoms with van der Waals surface area (Å²) >= 11 is 0. The van der Waals surface area contributed by atoms with Crippen LogP contribution in [0.2, 0.25) is 0 Å². The summed E-state index contributed by atoms with van der Waals surface area (Å²) in [5.74, 6) is 0.238. The number of nitrogens with one attached hydrogen (secondary N) is 2. The Morgan fingerprint density at radius 2 is 2.09 bits per heavy atom. The zero-order chi connectivity index (χ0) is 15.4. The third kappa shape index (κ3) is 3.82. The first-order valence-corrected chi connectivity index (χ1v) is 7.95. The second-order valence-corrected chi connectivity index (χ2v) is 6.03. The van der Waals surface area contributed by atoms with Gasteiger partial charge in [-0.15, -0.1) is 0 Å². The summed E-state index contributed by atoms with van der Waals surface area (Å²) in [5.41, 5.74) is 0.639. The second kappa shape index (κ2) is 6.87. The molecule has 1 aliphatic heterocycles. The molecule has 22 heavy (non-hydrogen) atoms. The van der Waals surface area contributed by atoms with Crippen molar-refractivity contribution in [1.29, 1.82) is 0 Å². The van der Waals surface area contributed by atoms with Gasteiger partial charge in [-0.25, -0.2) is 0 Å². The number of aromatic nitrogens is 1. The maximum atomic E-state index is 12.4. The summed E-state index contributed by atoms with van der Waals surface area (Å²) in [6.07, 6.45) is 7.80. The molecule has 2 heterocycles. The maximum Gasteiger partial charge on any atom is 0.243 e. The number of carbonyl (C=O) groups is 2. The number of pyridine rings is 1. The number of likely N-dealkylation sites (tertiary alicyclic amines) is 1. The molecule has 0 radical (unpaired) electrons. The van der Waals surface area contributed by atoms with E-state index in [1.807, 2.05) is 0 Å². The van der Waals surface area contributed by atoms with Gasteiger partial charge >= 0.3 is 0 Å². The quantitative estimate of drug-likeness (QED) is 0.822. The molecular weight excluding hydrogens is 280 g/mol. The van der Waals surface area contributed by atoms with Crippen molar-refractivity contribution < 1.29 is 9.59 Å². The van der Waals surface area contributed by atoms with Crippen LogP contribution in [0.4, 0.5) is 5.69 Å². The van der Waals surface area contributed by atoms with Gasteiger partial charge in [-0.1, -0.05) is 0 Å². The van der Waals surface area contributed by atoms with Crippen LogP contribution in [-0.4, -0.2) is 47.4 Å². The summed E-state index contributed by atoms with van der Waals surface area (Å²) in [7, 11) is 0. The maximum absolute atomic E-state index is 12.4. The molecule has 2 fully saturated rings. The predicted octanol–water partition coefficient (Wildman–Crippen LogP) is 1.01. The van der Waals surface area contributed by atoms with Crippen LogP contribution in [0.15, 0.2) is 24.5 Å². The van der Waals surface area contributed by atoms with E-state index >= 15 is 0 Å². The largest absolute Gasteiger partial charge is 0.346 e. The highest BCUT2D eigenvalue weighted by molar-refractivity contribution is 5.95. The van der Waals surface area contributed by atoms with Crippen molar-refractivity contribution >= 4 is 17.5 Å². The van der Waals surface area contributed by atoms with Gasteiger partial charge in [0.1, 0.15) is 0 Å². The minimum atomic E-state index is -0.225. The van der Waals surface area contributed by atoms with Crippen molar-refractivity contribution in [2.45, 2.75) is 31.7 Å². The molecule has 1 aromatic heterocycles. The molecule has 2 amide bonds. The van der Waals surface area contributed by atoms with E-state index in [1.165, 1.54) is 0 Å². The van der Waals surface area contributed by atoms with Crippen LogP contribution in [0, 0.1) is 5.92 Å². The molecule has 1 saturated heterocycles. The molecule has 2 N–H and O–H groups in total. The number of nitrogens with zero attached hydrogens (tertiary/aromatic N) is 2. The normalized spacial score (nSPS) is 19.6. The Hall–Kier alpha value is -1.95. The van der Waals surface area contributed by atoms with E-state index in [-0.39, 0.29) is 24.4 Å². The van der Waals surface area contributed by atoms with Crippen LogP contribution >= 0.6 is 0 Å². The summed E-state index contributed by atoms with van der Waals surface area (Å²) in [4.78, 5) is 30.5. The van der Waals surface area contributed by atoms with Gasteiger partial charge in [0.05, 0.1) is 24.5 Å². The van der Waals surface area contributed by atoms with Gasteiger partial charge in [0.15, 0.2) is 0 Å². The molecule has 1 saturated carbocycles. The lowest BCUT2D eigenvalue weighted by molar-refractivity contribution is -0.128. The Morgan fingerprint density at radius 1 is 1.32 bits per heavy atom. The standard InChI is InChI=1S/C16H22N4O2/c21-14(19-13-4-3-7-17-10-13)11-18-16(22)15(12-5-6-12)20-8-1-2-9-20/h3-4,7,10,12,15H,1-2,5-6,8-9,11H2,(H,18,22)(H,19,21). The Balaban J connectivity index is 1.49. The first-order valence-electron chi connectivity index (χ1n) is 7.95. The Morgan fingerprint density at radius 3 is 2.73 bits per heavy atom. The van der Waals surface area contributed by atoms with Crippen molar-refractivity contribution in [2.75, 3.05) is 25.0 Å². The van der Waals surface area contributed by atoms with Crippen molar-refractivity contribution in [3.05, 3.63) is 24.5 Å². The average molecular weight is 302 g/mol. The molecule has 1 atom stereocenters. The number of hydrogen-bond acceptors (Lipinski definition) is 4. The SMILES string of the molecule is O=C(CNC(=O)C(C1CC1)N1CCCC1)Nc1cccnc1. The fraction of sp³-hybridized carbons (Fsp3) is 0.562. The molecule has 1 aliphatic carbocycles. The average Bonchev–Trinajstić information content (AvgIpc) is 3.20. The molecule has 3 rings (SSSR count). The van der Waals surface area contributed by atoms with Crippen molar-refractivity contribution in [3.63, 3.8) is 0 Å². The molecule has 0 spiro atoms. The van der Waals surface area contributed by atoms with Gasteiger partial charge in [0, 0.05) is 6.20 Å². The molecule has 0 bridgehead atoms. The Kier molecular flexibility index (Phi) is 4.68. The number of amides is 2. The van der Waals surface area contributed by atoms with Crippen LogP contribution in [0.5, 0.6) is 0 Å². The van der Waals surface area contributed by atoms with Gasteiger partial charge < -0.3 is 10.6 Å². The van der Waals surface area contributed by atoms with E-state index in [0.717, 1.165) is 38.8 Å². The lowest BCUT2D eigenvalue weighted by Gasteiger charge is -2.26. The molecule has 0 aromatic carbocycles. The molecule has 1 unspecified atom stereocenters. The highest BCUT2D eigenvalue weighted by Crippen LogP contribution is 2.36. The zero-order valence-corrected chi connectivity index (χ0v) is 12.6. The third-order valence-electron chi connectivity index (χ3n) is 4.24. The fourth-order valence-electron chi connectivity index (χ4n) is 3.02. The van der Waals surface area contributed by atoms with Crippen LogP contribution in [0.25, 0.3) is 0 Å². The van der Waals surface area contributed by atoms with E-state index < -0.39 is 0 Å². The molecule has 118 valence electrons. The van der Waals surface area contributed by atoms with Gasteiger partial charge in [0.25, 0.3) is 0 Å². The summed E-state index contributed by atoms with van der Waals surface area (Å²) in [6, 6.07) is 3.47. The van der Waals surface area contributed by atoms with Crippen molar-refractivity contribution in [3.8, 4) is 0 Å². The highest BCUT2D eigenvalue weighted by Gasteiger charge is 2.40. The third-order valence-corrected chi connectivity index (χ3v) is 4.24. The summed E-state index contributed by atoms with van der Waals surface area (Å²) in [6.45, 7) is 2.00. The first-order chi connectivity index (χ1) is 10.7. The van der Waals surface area contributed by atoms with Gasteiger partial charge in [-0.3, -0.25) is 19.5 Å². The van der Waals surface area contributed by atoms with Crippen LogP contribution in [0.3, 0.4) is 0 Å². The molecule has 6 heteroatoms. The van der Waals surface area contributed by atoms with E-state index in [1.54, 1.807) is 24.5 Å². The number of carbonyl (C=O) groups excluding carboxylic acids is 2. The van der Waals surface area contributed by atoms with E-state index in [2.05, 4.69) is 20.5 Å². The van der Waals surface area contributed by atoms with Gasteiger partial charge in [0.2, 0.25) is 11.8 Å². The van der Waals surface area contributed by atoms with E-state index in [9.17, 15) is 9.59 Å². The predicted molar refractivity (Wildman–Crippen MR) is 83.2 cm³/mol. The van der Waals surface area contributed by atoms with Crippen LogP contribution in [-0.2, 0) is 9.59 Å². The highest BCUT2D eigenvalue weighted by atomic mass is 16.2. The van der Waals surface area contributed by atoms with Crippen LogP contribution < -0.4 is 10.6 Å². The molecular formula is C16H22N4O2. The lowest BCUT2D eigenvalue weighted by atomic mass is 10.1. The zero-order valence-electron chi connectivity index (χ0n) is 12.6. The number of rotatable bonds is 6. The van der Waals surface area contributed by atoms with Gasteiger partial charge in [-0.05, 0) is 56.8 Å². The van der Waals surface area contributed by atoms with E-state index in [4.69, 9.17) is 0 Å². The van der Waals surface area contributed by atoms with Crippen LogP contribution in [0.1, 0.15) is 25.7 Å². The molecule has 1 aromatic rings. The Bertz CT molecular complexity index is 524. The summed E-state index contributed by atoms with van der Waals surface area (Å²) in [5, 5.41) is 5.51. The minimum absolute atomic E-state index is 0.00475. The molecule has 2 aliphatic rings.